The van der Waals surface area contributed by atoms with E-state index >= 15 is 0 Å². The highest BCUT2D eigenvalue weighted by Gasteiger charge is 2.21. The van der Waals surface area contributed by atoms with Crippen LogP contribution in [-0.2, 0) is 13.0 Å². The second-order valence-corrected chi connectivity index (χ2v) is 6.42. The number of methoxy groups -OCH3 is 2. The first kappa shape index (κ1) is 19.8. The van der Waals surface area contributed by atoms with Crippen molar-refractivity contribution in [3.05, 3.63) is 47.8 Å². The number of aromatic nitrogens is 1. The van der Waals surface area contributed by atoms with Gasteiger partial charge in [-0.25, -0.2) is 4.99 Å². The van der Waals surface area contributed by atoms with Crippen LogP contribution in [0.3, 0.4) is 0 Å². The maximum Gasteiger partial charge on any atom is 0.194 e. The van der Waals surface area contributed by atoms with Crippen molar-refractivity contribution in [1.29, 1.82) is 0 Å². The first-order valence-corrected chi connectivity index (χ1v) is 9.55. The van der Waals surface area contributed by atoms with Gasteiger partial charge in [0, 0.05) is 25.8 Å². The number of nitrogens with one attached hydrogen (secondary N) is 1. The lowest BCUT2D eigenvalue weighted by Gasteiger charge is -2.32. The fourth-order valence-electron chi connectivity index (χ4n) is 3.24. The van der Waals surface area contributed by atoms with Crippen molar-refractivity contribution in [2.45, 2.75) is 19.9 Å². The lowest BCUT2D eigenvalue weighted by Crippen LogP contribution is -2.44. The van der Waals surface area contributed by atoms with E-state index in [-0.39, 0.29) is 0 Å². The minimum absolute atomic E-state index is 0.510. The molecular weight excluding hydrogens is 356 g/mol. The van der Waals surface area contributed by atoms with Crippen LogP contribution in [0.1, 0.15) is 18.1 Å². The molecule has 0 spiro atoms. The van der Waals surface area contributed by atoms with Gasteiger partial charge < -0.3 is 24.4 Å². The highest BCUT2D eigenvalue weighted by molar-refractivity contribution is 5.80. The van der Waals surface area contributed by atoms with Gasteiger partial charge in [-0.1, -0.05) is 0 Å². The largest absolute Gasteiger partial charge is 0.493 e. The predicted octanol–water partition coefficient (Wildman–Crippen LogP) is 2.50. The van der Waals surface area contributed by atoms with Gasteiger partial charge in [0.2, 0.25) is 0 Å². The van der Waals surface area contributed by atoms with Crippen molar-refractivity contribution in [2.75, 3.05) is 40.5 Å². The lowest BCUT2D eigenvalue weighted by molar-refractivity contribution is 0.323. The number of nitrogens with zero attached hydrogens (tertiary/aromatic N) is 3. The average molecular weight is 384 g/mol. The van der Waals surface area contributed by atoms with Crippen LogP contribution < -0.4 is 19.5 Å². The number of ether oxygens (including phenoxy) is 3. The molecule has 0 unspecified atom stereocenters. The van der Waals surface area contributed by atoms with Crippen LogP contribution in [0.4, 0.5) is 0 Å². The number of fused-ring (bicyclic) bond motifs is 1. The average Bonchev–Trinajstić information content (AvgIpc) is 2.75. The summed E-state index contributed by atoms with van der Waals surface area (Å²) >= 11 is 0. The second-order valence-electron chi connectivity index (χ2n) is 6.42. The molecule has 2 aromatic rings. The molecule has 0 amide bonds. The third-order valence-electron chi connectivity index (χ3n) is 4.61. The molecule has 0 radical (unpaired) electrons. The molecule has 0 aliphatic carbocycles. The Balaban J connectivity index is 1.66. The van der Waals surface area contributed by atoms with Gasteiger partial charge in [0.1, 0.15) is 12.4 Å². The highest BCUT2D eigenvalue weighted by atomic mass is 16.5. The quantitative estimate of drug-likeness (QED) is 0.449. The summed E-state index contributed by atoms with van der Waals surface area (Å²) in [5.74, 6) is 3.20. The number of hydrogen-bond acceptors (Lipinski definition) is 5. The van der Waals surface area contributed by atoms with Gasteiger partial charge in [0.05, 0.1) is 27.0 Å². The predicted molar refractivity (Wildman–Crippen MR) is 109 cm³/mol. The van der Waals surface area contributed by atoms with Crippen LogP contribution in [0.2, 0.25) is 0 Å². The number of hydrogen-bond donors (Lipinski definition) is 1. The van der Waals surface area contributed by atoms with Crippen molar-refractivity contribution < 1.29 is 14.2 Å². The zero-order chi connectivity index (χ0) is 19.8. The van der Waals surface area contributed by atoms with Gasteiger partial charge in [-0.2, -0.15) is 0 Å². The molecule has 2 heterocycles. The zero-order valence-electron chi connectivity index (χ0n) is 16.8. The summed E-state index contributed by atoms with van der Waals surface area (Å²) < 4.78 is 16.6. The van der Waals surface area contributed by atoms with Gasteiger partial charge in [0.15, 0.2) is 17.5 Å². The third-order valence-corrected chi connectivity index (χ3v) is 4.61. The van der Waals surface area contributed by atoms with E-state index in [0.717, 1.165) is 49.3 Å². The molecule has 7 heteroatoms. The van der Waals surface area contributed by atoms with Gasteiger partial charge in [0.25, 0.3) is 0 Å². The standard InChI is InChI=1S/C21H28N4O3/c1-4-23-21(24-9-11-28-18-6-5-8-22-14-18)25-10-7-16-12-19(26-2)20(27-3)13-17(16)15-25/h5-6,8,12-14H,4,7,9-11,15H2,1-3H3,(H,23,24). The van der Waals surface area contributed by atoms with E-state index in [1.54, 1.807) is 26.6 Å². The number of benzene rings is 1. The molecule has 0 fully saturated rings. The fraction of sp³-hybridized carbons (Fsp3) is 0.429. The lowest BCUT2D eigenvalue weighted by atomic mass is 9.99. The van der Waals surface area contributed by atoms with Crippen LogP contribution in [0, 0.1) is 0 Å². The highest BCUT2D eigenvalue weighted by Crippen LogP contribution is 2.33. The molecule has 7 nitrogen and oxygen atoms in total. The minimum Gasteiger partial charge on any atom is -0.493 e. The molecule has 28 heavy (non-hydrogen) atoms. The van der Waals surface area contributed by atoms with E-state index in [0.29, 0.717) is 13.2 Å². The maximum absolute atomic E-state index is 5.69. The molecule has 1 aliphatic rings. The van der Waals surface area contributed by atoms with Crippen molar-refractivity contribution in [1.82, 2.24) is 15.2 Å². The van der Waals surface area contributed by atoms with Gasteiger partial charge >= 0.3 is 0 Å². The summed E-state index contributed by atoms with van der Waals surface area (Å²) in [6, 6.07) is 7.90. The van der Waals surface area contributed by atoms with Crippen molar-refractivity contribution >= 4 is 5.96 Å². The molecule has 150 valence electrons. The van der Waals surface area contributed by atoms with Crippen molar-refractivity contribution in [3.63, 3.8) is 0 Å². The van der Waals surface area contributed by atoms with Crippen molar-refractivity contribution in [3.8, 4) is 17.2 Å². The molecular formula is C21H28N4O3. The first-order valence-electron chi connectivity index (χ1n) is 9.55. The van der Waals surface area contributed by atoms with E-state index in [9.17, 15) is 0 Å². The Labute approximate surface area is 166 Å². The topological polar surface area (TPSA) is 68.2 Å². The number of pyridine rings is 1. The van der Waals surface area contributed by atoms with Crippen LogP contribution >= 0.6 is 0 Å². The van der Waals surface area contributed by atoms with Crippen LogP contribution in [0.15, 0.2) is 41.7 Å². The Bertz CT molecular complexity index is 796. The molecule has 0 atom stereocenters. The number of rotatable bonds is 7. The summed E-state index contributed by atoms with van der Waals surface area (Å²) in [5.41, 5.74) is 2.53. The molecule has 1 aliphatic heterocycles. The molecule has 1 aromatic heterocycles. The SMILES string of the molecule is CCNC(=NCCOc1cccnc1)N1CCc2cc(OC)c(OC)cc2C1. The molecule has 1 N–H and O–H groups in total. The van der Waals surface area contributed by atoms with Crippen molar-refractivity contribution in [2.24, 2.45) is 4.99 Å². The second kappa shape index (κ2) is 9.82. The van der Waals surface area contributed by atoms with Gasteiger partial charge in [-0.3, -0.25) is 4.98 Å². The summed E-state index contributed by atoms with van der Waals surface area (Å²) in [6.07, 6.45) is 4.37. The van der Waals surface area contributed by atoms with E-state index < -0.39 is 0 Å². The zero-order valence-corrected chi connectivity index (χ0v) is 16.8. The minimum atomic E-state index is 0.510. The molecule has 0 saturated carbocycles. The number of aliphatic imine (C=N–C) groups is 1. The monoisotopic (exact) mass is 384 g/mol. The van der Waals surface area contributed by atoms with Gasteiger partial charge in [-0.15, -0.1) is 0 Å². The molecule has 0 saturated heterocycles. The normalized spacial score (nSPS) is 13.7. The van der Waals surface area contributed by atoms with E-state index in [1.807, 2.05) is 12.1 Å². The van der Waals surface area contributed by atoms with E-state index in [4.69, 9.17) is 19.2 Å². The maximum atomic E-state index is 5.69. The molecule has 1 aromatic carbocycles. The van der Waals surface area contributed by atoms with E-state index in [2.05, 4.69) is 34.3 Å². The van der Waals surface area contributed by atoms with Gasteiger partial charge in [-0.05, 0) is 48.7 Å². The Kier molecular flexibility index (Phi) is 6.94. The summed E-state index contributed by atoms with van der Waals surface area (Å²) in [7, 11) is 3.33. The van der Waals surface area contributed by atoms with Crippen LogP contribution in [0.5, 0.6) is 17.2 Å². The smallest absolute Gasteiger partial charge is 0.194 e. The Morgan fingerprint density at radius 1 is 1.21 bits per heavy atom. The van der Waals surface area contributed by atoms with E-state index in [1.165, 1.54) is 11.1 Å². The number of guanidine groups is 1. The summed E-state index contributed by atoms with van der Waals surface area (Å²) in [4.78, 5) is 11.0. The first-order chi connectivity index (χ1) is 13.7. The Morgan fingerprint density at radius 2 is 2.00 bits per heavy atom. The fourth-order valence-corrected chi connectivity index (χ4v) is 3.24. The summed E-state index contributed by atoms with van der Waals surface area (Å²) in [5, 5.41) is 3.39. The van der Waals surface area contributed by atoms with Crippen LogP contribution in [0.25, 0.3) is 0 Å². The summed E-state index contributed by atoms with van der Waals surface area (Å²) in [6.45, 7) is 5.66. The Hall–Kier alpha value is -2.96. The Morgan fingerprint density at radius 3 is 2.68 bits per heavy atom. The third kappa shape index (κ3) is 4.85. The molecule has 0 bridgehead atoms. The molecule has 3 rings (SSSR count). The van der Waals surface area contributed by atoms with Crippen LogP contribution in [-0.4, -0.2) is 56.3 Å².